The average molecular weight is 241 g/mol. The second-order valence-electron chi connectivity index (χ2n) is 4.03. The molecule has 0 saturated heterocycles. The first-order valence-corrected chi connectivity index (χ1v) is 5.75. The fourth-order valence-electron chi connectivity index (χ4n) is 1.75. The van der Waals surface area contributed by atoms with Crippen molar-refractivity contribution >= 4 is 0 Å². The summed E-state index contributed by atoms with van der Waals surface area (Å²) >= 11 is 0. The van der Waals surface area contributed by atoms with E-state index in [0.29, 0.717) is 18.6 Å². The molecule has 1 aromatic carbocycles. The van der Waals surface area contributed by atoms with E-state index in [1.807, 2.05) is 0 Å². The van der Waals surface area contributed by atoms with E-state index in [4.69, 9.17) is 15.2 Å². The Morgan fingerprint density at radius 1 is 1.35 bits per heavy atom. The molecule has 2 N–H and O–H groups in total. The van der Waals surface area contributed by atoms with E-state index in [0.717, 1.165) is 12.8 Å². The fourth-order valence-corrected chi connectivity index (χ4v) is 1.75. The summed E-state index contributed by atoms with van der Waals surface area (Å²) < 4.78 is 23.7. The van der Waals surface area contributed by atoms with Crippen LogP contribution >= 0.6 is 0 Å². The summed E-state index contributed by atoms with van der Waals surface area (Å²) in [5, 5.41) is 0. The van der Waals surface area contributed by atoms with E-state index in [9.17, 15) is 4.39 Å². The summed E-state index contributed by atoms with van der Waals surface area (Å²) in [6.07, 6.45) is 2.24. The molecule has 3 nitrogen and oxygen atoms in total. The zero-order valence-corrected chi connectivity index (χ0v) is 10.4. The molecular weight excluding hydrogens is 221 g/mol. The zero-order valence-electron chi connectivity index (χ0n) is 10.4. The van der Waals surface area contributed by atoms with Crippen molar-refractivity contribution in [1.29, 1.82) is 0 Å². The van der Waals surface area contributed by atoms with Crippen molar-refractivity contribution in [3.05, 3.63) is 29.6 Å². The Balaban J connectivity index is 2.55. The van der Waals surface area contributed by atoms with Crippen molar-refractivity contribution in [3.63, 3.8) is 0 Å². The van der Waals surface area contributed by atoms with Crippen LogP contribution in [0.4, 0.5) is 4.39 Å². The number of benzene rings is 1. The van der Waals surface area contributed by atoms with Crippen molar-refractivity contribution in [2.24, 2.45) is 5.73 Å². The van der Waals surface area contributed by atoms with Crippen LogP contribution in [0.25, 0.3) is 0 Å². The molecule has 1 rings (SSSR count). The monoisotopic (exact) mass is 241 g/mol. The van der Waals surface area contributed by atoms with Gasteiger partial charge in [0.25, 0.3) is 0 Å². The summed E-state index contributed by atoms with van der Waals surface area (Å²) in [4.78, 5) is 0. The van der Waals surface area contributed by atoms with Crippen molar-refractivity contribution in [3.8, 4) is 5.75 Å². The van der Waals surface area contributed by atoms with Crippen LogP contribution in [0.15, 0.2) is 18.2 Å². The maximum atomic E-state index is 13.8. The molecule has 0 radical (unpaired) electrons. The highest BCUT2D eigenvalue weighted by Crippen LogP contribution is 2.21. The summed E-state index contributed by atoms with van der Waals surface area (Å²) in [5.41, 5.74) is 6.55. The molecule has 4 heteroatoms. The molecule has 0 spiro atoms. The molecule has 0 saturated carbocycles. The normalized spacial score (nSPS) is 12.5. The van der Waals surface area contributed by atoms with Gasteiger partial charge >= 0.3 is 0 Å². The second-order valence-corrected chi connectivity index (χ2v) is 4.03. The minimum atomic E-state index is -0.308. The van der Waals surface area contributed by atoms with Crippen molar-refractivity contribution in [2.75, 3.05) is 20.8 Å². The molecule has 1 atom stereocenters. The number of rotatable bonds is 7. The van der Waals surface area contributed by atoms with Gasteiger partial charge in [0, 0.05) is 19.8 Å². The molecule has 1 unspecified atom stereocenters. The Hall–Kier alpha value is -1.13. The quantitative estimate of drug-likeness (QED) is 0.744. The number of nitrogens with two attached hydrogens (primary N) is 1. The van der Waals surface area contributed by atoms with Gasteiger partial charge in [-0.05, 0) is 30.9 Å². The summed E-state index contributed by atoms with van der Waals surface area (Å²) in [6, 6.07) is 5.08. The van der Waals surface area contributed by atoms with Gasteiger partial charge in [-0.25, -0.2) is 4.39 Å². The molecule has 0 heterocycles. The number of hydrogen-bond donors (Lipinski definition) is 1. The van der Waals surface area contributed by atoms with E-state index in [1.54, 1.807) is 25.3 Å². The van der Waals surface area contributed by atoms with Gasteiger partial charge in [-0.2, -0.15) is 0 Å². The fraction of sp³-hybridized carbons (Fsp3) is 0.538. The maximum absolute atomic E-state index is 13.8. The topological polar surface area (TPSA) is 44.5 Å². The Morgan fingerprint density at radius 3 is 2.76 bits per heavy atom. The predicted octanol–water partition coefficient (Wildman–Crippen LogP) is 2.13. The minimum absolute atomic E-state index is 0.0493. The largest absolute Gasteiger partial charge is 0.494 e. The lowest BCUT2D eigenvalue weighted by atomic mass is 10.0. The minimum Gasteiger partial charge on any atom is -0.494 e. The van der Waals surface area contributed by atoms with Gasteiger partial charge in [-0.15, -0.1) is 0 Å². The summed E-state index contributed by atoms with van der Waals surface area (Å²) in [7, 11) is 3.12. The van der Waals surface area contributed by atoms with Crippen LogP contribution in [-0.2, 0) is 11.2 Å². The first kappa shape index (κ1) is 13.9. The lowest BCUT2D eigenvalue weighted by Gasteiger charge is -2.13. The summed E-state index contributed by atoms with van der Waals surface area (Å²) in [6.45, 7) is 0.689. The Morgan fingerprint density at radius 2 is 2.12 bits per heavy atom. The van der Waals surface area contributed by atoms with Crippen molar-refractivity contribution in [1.82, 2.24) is 0 Å². The van der Waals surface area contributed by atoms with Crippen LogP contribution in [0.5, 0.6) is 5.75 Å². The van der Waals surface area contributed by atoms with Crippen LogP contribution in [0.3, 0.4) is 0 Å². The lowest BCUT2D eigenvalue weighted by Crippen LogP contribution is -2.23. The van der Waals surface area contributed by atoms with Gasteiger partial charge in [0.1, 0.15) is 0 Å². The maximum Gasteiger partial charge on any atom is 0.168 e. The molecular formula is C13H20FNO2. The van der Waals surface area contributed by atoms with Gasteiger partial charge in [-0.3, -0.25) is 0 Å². The smallest absolute Gasteiger partial charge is 0.168 e. The predicted molar refractivity (Wildman–Crippen MR) is 65.7 cm³/mol. The average Bonchev–Trinajstić information content (AvgIpc) is 2.32. The first-order valence-electron chi connectivity index (χ1n) is 5.75. The molecule has 0 bridgehead atoms. The third-order valence-electron chi connectivity index (χ3n) is 2.67. The number of hydrogen-bond acceptors (Lipinski definition) is 3. The molecule has 0 fully saturated rings. The Bertz CT molecular complexity index is 344. The van der Waals surface area contributed by atoms with Crippen LogP contribution in [0.2, 0.25) is 0 Å². The number of methoxy groups -OCH3 is 2. The van der Waals surface area contributed by atoms with Crippen LogP contribution in [-0.4, -0.2) is 26.9 Å². The van der Waals surface area contributed by atoms with Gasteiger partial charge in [0.05, 0.1) is 7.11 Å². The van der Waals surface area contributed by atoms with Crippen LogP contribution in [0, 0.1) is 5.82 Å². The number of ether oxygens (including phenoxy) is 2. The molecule has 1 aromatic rings. The highest BCUT2D eigenvalue weighted by Gasteiger charge is 2.11. The molecule has 0 amide bonds. The highest BCUT2D eigenvalue weighted by atomic mass is 19.1. The van der Waals surface area contributed by atoms with E-state index >= 15 is 0 Å². The Kier molecular flexibility index (Phi) is 5.94. The standard InChI is InChI=1S/C13H20FNO2/c1-16-8-4-6-11(15)9-10-5-3-7-12(17-2)13(10)14/h3,5,7,11H,4,6,8-9,15H2,1-2H3. The van der Waals surface area contributed by atoms with Crippen LogP contribution in [0.1, 0.15) is 18.4 Å². The summed E-state index contributed by atoms with van der Waals surface area (Å²) in [5.74, 6) is -0.0382. The second kappa shape index (κ2) is 7.25. The van der Waals surface area contributed by atoms with Gasteiger partial charge < -0.3 is 15.2 Å². The third-order valence-corrected chi connectivity index (χ3v) is 2.67. The van der Waals surface area contributed by atoms with Crippen LogP contribution < -0.4 is 10.5 Å². The third kappa shape index (κ3) is 4.32. The Labute approximate surface area is 102 Å². The molecule has 17 heavy (non-hydrogen) atoms. The molecule has 0 aliphatic rings. The van der Waals surface area contributed by atoms with Crippen molar-refractivity contribution < 1.29 is 13.9 Å². The van der Waals surface area contributed by atoms with E-state index in [1.165, 1.54) is 7.11 Å². The molecule has 0 aliphatic heterocycles. The van der Waals surface area contributed by atoms with E-state index in [-0.39, 0.29) is 17.6 Å². The van der Waals surface area contributed by atoms with Crippen molar-refractivity contribution in [2.45, 2.75) is 25.3 Å². The van der Waals surface area contributed by atoms with Gasteiger partial charge in [0.2, 0.25) is 0 Å². The van der Waals surface area contributed by atoms with Gasteiger partial charge in [0.15, 0.2) is 11.6 Å². The number of halogens is 1. The first-order chi connectivity index (χ1) is 8.19. The molecule has 0 aliphatic carbocycles. The highest BCUT2D eigenvalue weighted by molar-refractivity contribution is 5.31. The van der Waals surface area contributed by atoms with E-state index < -0.39 is 0 Å². The van der Waals surface area contributed by atoms with Gasteiger partial charge in [-0.1, -0.05) is 12.1 Å². The molecule has 96 valence electrons. The molecule has 0 aromatic heterocycles. The van der Waals surface area contributed by atoms with E-state index in [2.05, 4.69) is 0 Å². The SMILES string of the molecule is COCCCC(N)Cc1cccc(OC)c1F. The zero-order chi connectivity index (χ0) is 12.7. The lowest BCUT2D eigenvalue weighted by molar-refractivity contribution is 0.190.